The summed E-state index contributed by atoms with van der Waals surface area (Å²) in [7, 11) is 0. The van der Waals surface area contributed by atoms with Crippen LogP contribution in [0.3, 0.4) is 0 Å². The number of hydrogen-bond acceptors (Lipinski definition) is 5. The molecule has 0 radical (unpaired) electrons. The third-order valence-corrected chi connectivity index (χ3v) is 3.78. The lowest BCUT2D eigenvalue weighted by molar-refractivity contribution is 0.229. The molecule has 1 aromatic heterocycles. The van der Waals surface area contributed by atoms with Gasteiger partial charge in [-0.25, -0.2) is 0 Å². The Morgan fingerprint density at radius 2 is 2.09 bits per heavy atom. The zero-order chi connectivity index (χ0) is 15.6. The van der Waals surface area contributed by atoms with Crippen molar-refractivity contribution in [2.75, 3.05) is 0 Å². The van der Waals surface area contributed by atoms with E-state index in [1.165, 1.54) is 0 Å². The first-order valence-electron chi connectivity index (χ1n) is 7.63. The first-order chi connectivity index (χ1) is 10.5. The molecule has 3 rings (SSSR count). The maximum Gasteiger partial charge on any atom is 0.250 e. The van der Waals surface area contributed by atoms with Gasteiger partial charge in [0.15, 0.2) is 5.82 Å². The molecule has 1 aliphatic rings. The minimum atomic E-state index is -0.388. The summed E-state index contributed by atoms with van der Waals surface area (Å²) in [6, 6.07) is 7.87. The molecule has 2 N–H and O–H groups in total. The van der Waals surface area contributed by atoms with Crippen molar-refractivity contribution in [3.63, 3.8) is 0 Å². The van der Waals surface area contributed by atoms with Crippen molar-refractivity contribution in [1.29, 1.82) is 0 Å². The summed E-state index contributed by atoms with van der Waals surface area (Å²) >= 11 is 0. The average molecular weight is 336 g/mol. The molecule has 0 amide bonds. The Kier molecular flexibility index (Phi) is 5.44. The second kappa shape index (κ2) is 7.15. The van der Waals surface area contributed by atoms with Gasteiger partial charge in [-0.15, -0.1) is 12.4 Å². The quantitative estimate of drug-likeness (QED) is 0.899. The molecular weight excluding hydrogens is 314 g/mol. The highest BCUT2D eigenvalue weighted by Gasteiger charge is 2.38. The maximum atomic E-state index is 6.19. The molecule has 0 atom stereocenters. The topological polar surface area (TPSA) is 74.2 Å². The number of aromatic nitrogens is 2. The Hall–Kier alpha value is -1.85. The third-order valence-electron chi connectivity index (χ3n) is 3.78. The molecule has 1 saturated carbocycles. The third kappa shape index (κ3) is 4.12. The number of halogens is 1. The number of nitrogens with two attached hydrogens (primary N) is 1. The Labute approximate surface area is 142 Å². The van der Waals surface area contributed by atoms with Crippen LogP contribution in [0.2, 0.25) is 0 Å². The van der Waals surface area contributed by atoms with Crippen LogP contribution < -0.4 is 10.5 Å². The van der Waals surface area contributed by atoms with Crippen molar-refractivity contribution in [1.82, 2.24) is 10.1 Å². The van der Waals surface area contributed by atoms with Gasteiger partial charge >= 0.3 is 0 Å². The smallest absolute Gasteiger partial charge is 0.250 e. The summed E-state index contributed by atoms with van der Waals surface area (Å²) in [5, 5.41) is 3.99. The van der Waals surface area contributed by atoms with Gasteiger partial charge in [0, 0.05) is 6.08 Å². The highest BCUT2D eigenvalue weighted by atomic mass is 35.5. The fourth-order valence-corrected chi connectivity index (χ4v) is 2.42. The molecule has 6 heteroatoms. The summed E-state index contributed by atoms with van der Waals surface area (Å²) in [5.41, 5.74) is 6.81. The molecule has 0 bridgehead atoms. The normalized spacial score (nSPS) is 16.2. The van der Waals surface area contributed by atoms with Gasteiger partial charge in [0.2, 0.25) is 0 Å². The highest BCUT2D eigenvalue weighted by molar-refractivity contribution is 5.85. The van der Waals surface area contributed by atoms with E-state index in [9.17, 15) is 0 Å². The number of nitrogens with zero attached hydrogens (tertiary/aromatic N) is 2. The van der Waals surface area contributed by atoms with Crippen LogP contribution in [0.15, 0.2) is 28.8 Å². The summed E-state index contributed by atoms with van der Waals surface area (Å²) in [6.45, 7) is 4.01. The molecule has 2 aromatic rings. The standard InChI is InChI=1S/C17H21N3O2.ClH/c1-12(2)21-14-6-3-5-13(11-14)7-8-15-19-16(20-22-15)17(18)9-4-10-17;/h3,5-8,11-12H,4,9-10,18H2,1-2H3;1H/b8-7+;. The summed E-state index contributed by atoms with van der Waals surface area (Å²) in [5.74, 6) is 1.93. The zero-order valence-corrected chi connectivity index (χ0v) is 14.2. The monoisotopic (exact) mass is 335 g/mol. The molecule has 1 aliphatic carbocycles. The lowest BCUT2D eigenvalue weighted by Gasteiger charge is -2.34. The van der Waals surface area contributed by atoms with Gasteiger partial charge in [-0.2, -0.15) is 4.98 Å². The van der Waals surface area contributed by atoms with Crippen molar-refractivity contribution in [2.45, 2.75) is 44.8 Å². The molecule has 1 fully saturated rings. The summed E-state index contributed by atoms with van der Waals surface area (Å²) in [6.07, 6.45) is 6.84. The van der Waals surface area contributed by atoms with E-state index in [0.717, 1.165) is 30.6 Å². The van der Waals surface area contributed by atoms with E-state index in [2.05, 4.69) is 10.1 Å². The van der Waals surface area contributed by atoms with Gasteiger partial charge in [-0.1, -0.05) is 17.3 Å². The first-order valence-corrected chi connectivity index (χ1v) is 7.63. The van der Waals surface area contributed by atoms with Crippen LogP contribution >= 0.6 is 12.4 Å². The van der Waals surface area contributed by atoms with Gasteiger partial charge in [-0.3, -0.25) is 0 Å². The minimum Gasteiger partial charge on any atom is -0.491 e. The predicted molar refractivity (Wildman–Crippen MR) is 92.4 cm³/mol. The molecule has 23 heavy (non-hydrogen) atoms. The van der Waals surface area contributed by atoms with Gasteiger partial charge in [0.05, 0.1) is 11.6 Å². The molecule has 0 spiro atoms. The van der Waals surface area contributed by atoms with E-state index in [-0.39, 0.29) is 24.0 Å². The SMILES string of the molecule is CC(C)Oc1cccc(/C=C/c2nc(C3(N)CCC3)no2)c1.Cl. The zero-order valence-electron chi connectivity index (χ0n) is 13.4. The number of benzene rings is 1. The van der Waals surface area contributed by atoms with Gasteiger partial charge < -0.3 is 15.0 Å². The fourth-order valence-electron chi connectivity index (χ4n) is 2.42. The largest absolute Gasteiger partial charge is 0.491 e. The summed E-state index contributed by atoms with van der Waals surface area (Å²) in [4.78, 5) is 4.37. The molecule has 124 valence electrons. The predicted octanol–water partition coefficient (Wildman–Crippen LogP) is 3.79. The van der Waals surface area contributed by atoms with E-state index in [0.29, 0.717) is 11.7 Å². The Morgan fingerprint density at radius 1 is 1.30 bits per heavy atom. The van der Waals surface area contributed by atoms with E-state index in [1.807, 2.05) is 44.2 Å². The molecule has 1 aromatic carbocycles. The molecule has 0 saturated heterocycles. The molecule has 5 nitrogen and oxygen atoms in total. The van der Waals surface area contributed by atoms with Crippen LogP contribution in [-0.4, -0.2) is 16.2 Å². The minimum absolute atomic E-state index is 0. The van der Waals surface area contributed by atoms with Crippen molar-refractivity contribution in [3.05, 3.63) is 41.5 Å². The lowest BCUT2D eigenvalue weighted by Crippen LogP contribution is -2.44. The molecule has 0 unspecified atom stereocenters. The van der Waals surface area contributed by atoms with Gasteiger partial charge in [-0.05, 0) is 56.9 Å². The fraction of sp³-hybridized carbons (Fsp3) is 0.412. The number of ether oxygens (including phenoxy) is 1. The second-order valence-electron chi connectivity index (χ2n) is 6.04. The average Bonchev–Trinajstić information content (AvgIpc) is 2.91. The second-order valence-corrected chi connectivity index (χ2v) is 6.04. The highest BCUT2D eigenvalue weighted by Crippen LogP contribution is 2.36. The molecule has 1 heterocycles. The van der Waals surface area contributed by atoms with Crippen LogP contribution in [-0.2, 0) is 5.54 Å². The number of rotatable bonds is 5. The Morgan fingerprint density at radius 3 is 2.74 bits per heavy atom. The Balaban J connectivity index is 0.00000192. The molecule has 0 aliphatic heterocycles. The van der Waals surface area contributed by atoms with Crippen molar-refractivity contribution in [2.24, 2.45) is 5.73 Å². The van der Waals surface area contributed by atoms with Crippen LogP contribution in [0.4, 0.5) is 0 Å². The van der Waals surface area contributed by atoms with Crippen LogP contribution in [0.5, 0.6) is 5.75 Å². The molecular formula is C17H22ClN3O2. The van der Waals surface area contributed by atoms with Crippen molar-refractivity contribution < 1.29 is 9.26 Å². The van der Waals surface area contributed by atoms with E-state index in [4.69, 9.17) is 15.0 Å². The summed E-state index contributed by atoms with van der Waals surface area (Å²) < 4.78 is 10.9. The first kappa shape index (κ1) is 17.5. The Bertz CT molecular complexity index is 678. The van der Waals surface area contributed by atoms with Crippen molar-refractivity contribution >= 4 is 24.6 Å². The van der Waals surface area contributed by atoms with Gasteiger partial charge in [0.1, 0.15) is 5.75 Å². The van der Waals surface area contributed by atoms with Crippen LogP contribution in [0, 0.1) is 0 Å². The van der Waals surface area contributed by atoms with Crippen molar-refractivity contribution in [3.8, 4) is 5.75 Å². The van der Waals surface area contributed by atoms with Crippen LogP contribution in [0.1, 0.15) is 50.4 Å². The van der Waals surface area contributed by atoms with Gasteiger partial charge in [0.25, 0.3) is 5.89 Å². The van der Waals surface area contributed by atoms with E-state index in [1.54, 1.807) is 6.08 Å². The van der Waals surface area contributed by atoms with E-state index < -0.39 is 0 Å². The maximum absolute atomic E-state index is 6.19. The van der Waals surface area contributed by atoms with E-state index >= 15 is 0 Å². The number of hydrogen-bond donors (Lipinski definition) is 1. The lowest BCUT2D eigenvalue weighted by atomic mass is 9.77. The van der Waals surface area contributed by atoms with Crippen LogP contribution in [0.25, 0.3) is 12.2 Å².